The fourth-order valence-electron chi connectivity index (χ4n) is 3.06. The van der Waals surface area contributed by atoms with Crippen LogP contribution >= 0.6 is 11.3 Å². The highest BCUT2D eigenvalue weighted by Gasteiger charge is 2.03. The lowest BCUT2D eigenvalue weighted by Crippen LogP contribution is -2.01. The summed E-state index contributed by atoms with van der Waals surface area (Å²) >= 11 is 1.55. The number of hydrogen-bond acceptors (Lipinski definition) is 6. The predicted octanol–water partition coefficient (Wildman–Crippen LogP) is 5.94. The van der Waals surface area contributed by atoms with Gasteiger partial charge in [0.25, 0.3) is 6.47 Å². The molecule has 0 saturated carbocycles. The van der Waals surface area contributed by atoms with Gasteiger partial charge in [0.05, 0.1) is 4.88 Å². The minimum absolute atomic E-state index is 0.250. The molecular formula is C25H36N4O3S. The van der Waals surface area contributed by atoms with Crippen molar-refractivity contribution in [3.05, 3.63) is 64.0 Å². The Bertz CT molecular complexity index is 905. The van der Waals surface area contributed by atoms with Crippen LogP contribution in [0.5, 0.6) is 0 Å². The van der Waals surface area contributed by atoms with E-state index in [0.29, 0.717) is 0 Å². The molecular weight excluding hydrogens is 436 g/mol. The van der Waals surface area contributed by atoms with E-state index in [2.05, 4.69) is 53.8 Å². The molecule has 3 aromatic rings. The predicted molar refractivity (Wildman–Crippen MR) is 137 cm³/mol. The van der Waals surface area contributed by atoms with Gasteiger partial charge < -0.3 is 15.7 Å². The maximum absolute atomic E-state index is 10.7. The summed E-state index contributed by atoms with van der Waals surface area (Å²) in [5.41, 5.74) is 2.61. The molecule has 0 fully saturated rings. The normalized spacial score (nSPS) is 9.67. The molecule has 3 N–H and O–H groups in total. The van der Waals surface area contributed by atoms with Crippen molar-refractivity contribution < 1.29 is 14.7 Å². The molecule has 0 aliphatic carbocycles. The zero-order valence-corrected chi connectivity index (χ0v) is 20.6. The van der Waals surface area contributed by atoms with E-state index >= 15 is 0 Å². The van der Waals surface area contributed by atoms with Gasteiger partial charge in [-0.25, -0.2) is 0 Å². The number of thiophene rings is 1. The third-order valence-corrected chi connectivity index (χ3v) is 5.80. The fourth-order valence-corrected chi connectivity index (χ4v) is 3.83. The molecule has 180 valence electrons. The van der Waals surface area contributed by atoms with E-state index in [1.54, 1.807) is 11.3 Å². The minimum atomic E-state index is -0.250. The monoisotopic (exact) mass is 472 g/mol. The van der Waals surface area contributed by atoms with Crippen LogP contribution in [0.3, 0.4) is 0 Å². The number of para-hydroxylation sites is 1. The van der Waals surface area contributed by atoms with Crippen LogP contribution in [0.4, 0.5) is 11.5 Å². The summed E-state index contributed by atoms with van der Waals surface area (Å²) in [4.78, 5) is 21.1. The number of carboxylic acid groups (broad SMARTS) is 1. The van der Waals surface area contributed by atoms with Gasteiger partial charge in [0, 0.05) is 43.0 Å². The first-order valence-corrected chi connectivity index (χ1v) is 12.1. The molecule has 8 heteroatoms. The van der Waals surface area contributed by atoms with Gasteiger partial charge in [-0.1, -0.05) is 44.4 Å². The quantitative estimate of drug-likeness (QED) is 0.236. The lowest BCUT2D eigenvalue weighted by Gasteiger charge is -2.11. The number of carbonyl (C=O) groups excluding carboxylic acids is 1. The number of benzene rings is 1. The molecule has 0 aliphatic rings. The SMILES string of the molecule is CCCCCCc1ccccc1NCc1ccc(C=O)s1.CCn1ccc(NC)n1.O=CO. The van der Waals surface area contributed by atoms with E-state index in [9.17, 15) is 4.79 Å². The number of hydrogen-bond donors (Lipinski definition) is 3. The fraction of sp³-hybridized carbons (Fsp3) is 0.400. The van der Waals surface area contributed by atoms with Crippen LogP contribution in [0.15, 0.2) is 48.7 Å². The number of anilines is 2. The van der Waals surface area contributed by atoms with E-state index < -0.39 is 0 Å². The maximum Gasteiger partial charge on any atom is 0.290 e. The first-order valence-electron chi connectivity index (χ1n) is 11.3. The van der Waals surface area contributed by atoms with Crippen molar-refractivity contribution in [3.63, 3.8) is 0 Å². The number of aromatic nitrogens is 2. The summed E-state index contributed by atoms with van der Waals surface area (Å²) in [6.45, 7) is 5.77. The molecule has 0 spiro atoms. The van der Waals surface area contributed by atoms with Crippen molar-refractivity contribution in [2.24, 2.45) is 0 Å². The molecule has 0 unspecified atom stereocenters. The Labute approximate surface area is 200 Å². The van der Waals surface area contributed by atoms with Gasteiger partial charge in [-0.2, -0.15) is 5.10 Å². The van der Waals surface area contributed by atoms with Crippen LogP contribution in [-0.4, -0.2) is 34.7 Å². The van der Waals surface area contributed by atoms with Crippen LogP contribution in [-0.2, 0) is 24.3 Å². The Morgan fingerprint density at radius 3 is 2.39 bits per heavy atom. The molecule has 0 amide bonds. The van der Waals surface area contributed by atoms with Crippen LogP contribution in [0, 0.1) is 0 Å². The highest BCUT2D eigenvalue weighted by atomic mass is 32.1. The number of aldehydes is 1. The van der Waals surface area contributed by atoms with Crippen LogP contribution in [0.2, 0.25) is 0 Å². The van der Waals surface area contributed by atoms with Crippen LogP contribution < -0.4 is 10.6 Å². The molecule has 0 aliphatic heterocycles. The second kappa shape index (κ2) is 17.4. The average molecular weight is 473 g/mol. The van der Waals surface area contributed by atoms with Crippen molar-refractivity contribution in [1.29, 1.82) is 0 Å². The van der Waals surface area contributed by atoms with Gasteiger partial charge >= 0.3 is 0 Å². The second-order valence-electron chi connectivity index (χ2n) is 7.16. The topological polar surface area (TPSA) is 96.3 Å². The van der Waals surface area contributed by atoms with E-state index in [1.165, 1.54) is 41.8 Å². The molecule has 0 atom stereocenters. The highest BCUT2D eigenvalue weighted by Crippen LogP contribution is 2.21. The first-order chi connectivity index (χ1) is 16.1. The zero-order valence-electron chi connectivity index (χ0n) is 19.8. The van der Waals surface area contributed by atoms with E-state index in [4.69, 9.17) is 9.90 Å². The van der Waals surface area contributed by atoms with Crippen molar-refractivity contribution in [2.45, 2.75) is 59.0 Å². The van der Waals surface area contributed by atoms with E-state index in [-0.39, 0.29) is 6.47 Å². The van der Waals surface area contributed by atoms with Gasteiger partial charge in [-0.15, -0.1) is 11.3 Å². The summed E-state index contributed by atoms with van der Waals surface area (Å²) in [5.74, 6) is 0.928. The van der Waals surface area contributed by atoms with Crippen LogP contribution in [0.1, 0.15) is 59.6 Å². The van der Waals surface area contributed by atoms with E-state index in [1.807, 2.05) is 36.1 Å². The Kier molecular flexibility index (Phi) is 14.7. The minimum Gasteiger partial charge on any atom is -0.483 e. The van der Waals surface area contributed by atoms with Crippen molar-refractivity contribution >= 4 is 35.6 Å². The number of rotatable bonds is 11. The summed E-state index contributed by atoms with van der Waals surface area (Å²) in [6.07, 6.45) is 9.14. The summed E-state index contributed by atoms with van der Waals surface area (Å²) in [7, 11) is 1.86. The van der Waals surface area contributed by atoms with Crippen molar-refractivity contribution in [1.82, 2.24) is 9.78 Å². The molecule has 0 radical (unpaired) electrons. The molecule has 2 heterocycles. The molecule has 0 bridgehead atoms. The molecule has 0 saturated heterocycles. The van der Waals surface area contributed by atoms with Gasteiger partial charge in [0.1, 0.15) is 5.82 Å². The summed E-state index contributed by atoms with van der Waals surface area (Å²) in [6, 6.07) is 14.4. The first kappa shape index (κ1) is 27.9. The number of nitrogens with zero attached hydrogens (tertiary/aromatic N) is 2. The molecule has 7 nitrogen and oxygen atoms in total. The third-order valence-electron chi connectivity index (χ3n) is 4.79. The van der Waals surface area contributed by atoms with Gasteiger partial charge in [0.15, 0.2) is 6.29 Å². The summed E-state index contributed by atoms with van der Waals surface area (Å²) in [5, 5.41) is 17.5. The smallest absolute Gasteiger partial charge is 0.290 e. The number of nitrogens with one attached hydrogen (secondary N) is 2. The van der Waals surface area contributed by atoms with Gasteiger partial charge in [0.2, 0.25) is 0 Å². The molecule has 2 aromatic heterocycles. The van der Waals surface area contributed by atoms with Crippen molar-refractivity contribution in [2.75, 3.05) is 17.7 Å². The standard InChI is InChI=1S/C18H23NOS.C6H11N3.CH2O2/c1-2-3-4-5-8-15-9-6-7-10-18(15)19-13-16-11-12-17(14-20)21-16;1-3-9-5-4-6(7-2)8-9;2-1-3/h6-7,9-12,14,19H,2-5,8,13H2,1H3;4-5H,3H2,1-2H3,(H,7,8);1H,(H,2,3). The van der Waals surface area contributed by atoms with Gasteiger partial charge in [-0.05, 0) is 43.5 Å². The Balaban J connectivity index is 0.000000375. The average Bonchev–Trinajstić information content (AvgIpc) is 3.51. The van der Waals surface area contributed by atoms with Crippen LogP contribution in [0.25, 0.3) is 0 Å². The Morgan fingerprint density at radius 2 is 1.82 bits per heavy atom. The second-order valence-corrected chi connectivity index (χ2v) is 8.36. The lowest BCUT2D eigenvalue weighted by atomic mass is 10.0. The highest BCUT2D eigenvalue weighted by molar-refractivity contribution is 7.13. The Hall–Kier alpha value is -3.13. The molecule has 1 aromatic carbocycles. The Morgan fingerprint density at radius 1 is 1.06 bits per heavy atom. The van der Waals surface area contributed by atoms with E-state index in [0.717, 1.165) is 36.5 Å². The number of aryl methyl sites for hydroxylation is 2. The van der Waals surface area contributed by atoms with Crippen molar-refractivity contribution in [3.8, 4) is 0 Å². The van der Waals surface area contributed by atoms with Gasteiger partial charge in [-0.3, -0.25) is 14.3 Å². The third kappa shape index (κ3) is 11.3. The number of carbonyl (C=O) groups is 2. The largest absolute Gasteiger partial charge is 0.483 e. The lowest BCUT2D eigenvalue weighted by molar-refractivity contribution is -0.122. The maximum atomic E-state index is 10.7. The summed E-state index contributed by atoms with van der Waals surface area (Å²) < 4.78 is 1.88. The zero-order chi connectivity index (χ0) is 24.3. The molecule has 3 rings (SSSR count). The number of unbranched alkanes of at least 4 members (excludes halogenated alkanes) is 3. The molecule has 33 heavy (non-hydrogen) atoms.